The fourth-order valence-corrected chi connectivity index (χ4v) is 1.30. The van der Waals surface area contributed by atoms with E-state index in [1.807, 2.05) is 4.57 Å². The average Bonchev–Trinajstić information content (AvgIpc) is 2.59. The van der Waals surface area contributed by atoms with Crippen LogP contribution in [0, 0.1) is 0 Å². The maximum atomic E-state index is 8.92. The summed E-state index contributed by atoms with van der Waals surface area (Å²) in [7, 11) is 4.13. The Morgan fingerprint density at radius 2 is 2.21 bits per heavy atom. The first-order chi connectivity index (χ1) is 6.74. The highest BCUT2D eigenvalue weighted by Crippen LogP contribution is 1.99. The van der Waals surface area contributed by atoms with E-state index in [-0.39, 0.29) is 6.61 Å². The fourth-order valence-electron chi connectivity index (χ4n) is 1.30. The van der Waals surface area contributed by atoms with Gasteiger partial charge in [0.05, 0.1) is 0 Å². The molecule has 0 aliphatic rings. The van der Waals surface area contributed by atoms with Crippen LogP contribution in [0.5, 0.6) is 0 Å². The molecule has 0 saturated heterocycles. The SMILES string of the molecule is CN(C)CCCCn1cnnc1CO. The normalized spacial score (nSPS) is 11.1. The Bertz CT molecular complexity index is 259. The van der Waals surface area contributed by atoms with E-state index in [0.717, 1.165) is 25.9 Å². The van der Waals surface area contributed by atoms with Crippen molar-refractivity contribution in [1.29, 1.82) is 0 Å². The molecule has 1 N–H and O–H groups in total. The molecular weight excluding hydrogens is 180 g/mol. The number of hydrogen-bond donors (Lipinski definition) is 1. The van der Waals surface area contributed by atoms with Crippen LogP contribution in [0.15, 0.2) is 6.33 Å². The second kappa shape index (κ2) is 5.72. The molecule has 0 bridgehead atoms. The Balaban J connectivity index is 2.24. The molecule has 14 heavy (non-hydrogen) atoms. The van der Waals surface area contributed by atoms with Crippen LogP contribution in [0.4, 0.5) is 0 Å². The van der Waals surface area contributed by atoms with E-state index < -0.39 is 0 Å². The molecular formula is C9H18N4O. The van der Waals surface area contributed by atoms with Gasteiger partial charge in [0.15, 0.2) is 5.82 Å². The van der Waals surface area contributed by atoms with Crippen molar-refractivity contribution >= 4 is 0 Å². The lowest BCUT2D eigenvalue weighted by molar-refractivity contribution is 0.263. The number of aromatic nitrogens is 3. The topological polar surface area (TPSA) is 54.2 Å². The molecule has 80 valence electrons. The number of aryl methyl sites for hydroxylation is 1. The van der Waals surface area contributed by atoms with E-state index >= 15 is 0 Å². The molecule has 1 aromatic heterocycles. The van der Waals surface area contributed by atoms with Gasteiger partial charge in [-0.2, -0.15) is 0 Å². The third kappa shape index (κ3) is 3.43. The van der Waals surface area contributed by atoms with Crippen LogP contribution in [0.2, 0.25) is 0 Å². The van der Waals surface area contributed by atoms with E-state index in [2.05, 4.69) is 29.2 Å². The van der Waals surface area contributed by atoms with Crippen molar-refractivity contribution in [2.75, 3.05) is 20.6 Å². The Morgan fingerprint density at radius 1 is 1.43 bits per heavy atom. The largest absolute Gasteiger partial charge is 0.388 e. The van der Waals surface area contributed by atoms with Crippen LogP contribution < -0.4 is 0 Å². The zero-order chi connectivity index (χ0) is 10.4. The Labute approximate surface area is 84.4 Å². The molecule has 5 nitrogen and oxygen atoms in total. The molecule has 1 rings (SSSR count). The molecule has 0 unspecified atom stereocenters. The minimum Gasteiger partial charge on any atom is -0.388 e. The highest BCUT2D eigenvalue weighted by molar-refractivity contribution is 4.81. The van der Waals surface area contributed by atoms with Crippen molar-refractivity contribution < 1.29 is 5.11 Å². The van der Waals surface area contributed by atoms with Crippen LogP contribution in [0.25, 0.3) is 0 Å². The van der Waals surface area contributed by atoms with Gasteiger partial charge in [-0.1, -0.05) is 0 Å². The summed E-state index contributed by atoms with van der Waals surface area (Å²) in [5.41, 5.74) is 0. The van der Waals surface area contributed by atoms with Gasteiger partial charge in [-0.15, -0.1) is 10.2 Å². The maximum Gasteiger partial charge on any atom is 0.158 e. The second-order valence-electron chi connectivity index (χ2n) is 3.61. The maximum absolute atomic E-state index is 8.92. The van der Waals surface area contributed by atoms with Crippen LogP contribution in [-0.4, -0.2) is 45.4 Å². The van der Waals surface area contributed by atoms with Crippen LogP contribution in [0.3, 0.4) is 0 Å². The van der Waals surface area contributed by atoms with Gasteiger partial charge >= 0.3 is 0 Å². The summed E-state index contributed by atoms with van der Waals surface area (Å²) < 4.78 is 1.90. The summed E-state index contributed by atoms with van der Waals surface area (Å²) in [5.74, 6) is 0.648. The first kappa shape index (κ1) is 11.1. The van der Waals surface area contributed by atoms with Crippen molar-refractivity contribution in [3.8, 4) is 0 Å². The van der Waals surface area contributed by atoms with Crippen molar-refractivity contribution in [1.82, 2.24) is 19.7 Å². The van der Waals surface area contributed by atoms with Gasteiger partial charge in [0.1, 0.15) is 12.9 Å². The van der Waals surface area contributed by atoms with E-state index in [1.54, 1.807) is 6.33 Å². The van der Waals surface area contributed by atoms with E-state index in [0.29, 0.717) is 5.82 Å². The predicted octanol–water partition coefficient (Wildman–Crippen LogP) is 0.112. The molecule has 0 aliphatic carbocycles. The van der Waals surface area contributed by atoms with Crippen LogP contribution >= 0.6 is 0 Å². The molecule has 0 amide bonds. The van der Waals surface area contributed by atoms with E-state index in [4.69, 9.17) is 5.11 Å². The van der Waals surface area contributed by atoms with Gasteiger partial charge < -0.3 is 14.6 Å². The Hall–Kier alpha value is -0.940. The predicted molar refractivity (Wildman–Crippen MR) is 53.7 cm³/mol. The zero-order valence-corrected chi connectivity index (χ0v) is 8.85. The lowest BCUT2D eigenvalue weighted by Gasteiger charge is -2.09. The number of nitrogens with zero attached hydrogens (tertiary/aromatic N) is 4. The summed E-state index contributed by atoms with van der Waals surface area (Å²) in [6, 6.07) is 0. The zero-order valence-electron chi connectivity index (χ0n) is 8.85. The highest BCUT2D eigenvalue weighted by atomic mass is 16.3. The quantitative estimate of drug-likeness (QED) is 0.659. The fraction of sp³-hybridized carbons (Fsp3) is 0.778. The lowest BCUT2D eigenvalue weighted by atomic mass is 10.3. The molecule has 0 saturated carbocycles. The first-order valence-electron chi connectivity index (χ1n) is 4.86. The third-order valence-electron chi connectivity index (χ3n) is 2.09. The van der Waals surface area contributed by atoms with Gasteiger partial charge in [0, 0.05) is 6.54 Å². The Kier molecular flexibility index (Phi) is 4.55. The van der Waals surface area contributed by atoms with Crippen molar-refractivity contribution in [2.24, 2.45) is 0 Å². The first-order valence-corrected chi connectivity index (χ1v) is 4.86. The molecule has 1 heterocycles. The van der Waals surface area contributed by atoms with Crippen molar-refractivity contribution in [3.05, 3.63) is 12.2 Å². The van der Waals surface area contributed by atoms with Gasteiger partial charge in [-0.3, -0.25) is 0 Å². The van der Waals surface area contributed by atoms with Gasteiger partial charge in [0.2, 0.25) is 0 Å². The number of aliphatic hydroxyl groups is 1. The van der Waals surface area contributed by atoms with Gasteiger partial charge in [-0.05, 0) is 33.5 Å². The number of unbranched alkanes of at least 4 members (excludes halogenated alkanes) is 1. The minimum absolute atomic E-state index is 0.0340. The number of hydrogen-bond acceptors (Lipinski definition) is 4. The summed E-state index contributed by atoms with van der Waals surface area (Å²) in [6.07, 6.45) is 3.90. The molecule has 0 atom stereocenters. The van der Waals surface area contributed by atoms with Crippen LogP contribution in [-0.2, 0) is 13.2 Å². The molecule has 1 aromatic rings. The van der Waals surface area contributed by atoms with Crippen molar-refractivity contribution in [3.63, 3.8) is 0 Å². The van der Waals surface area contributed by atoms with Gasteiger partial charge in [0.25, 0.3) is 0 Å². The molecule has 0 aliphatic heterocycles. The van der Waals surface area contributed by atoms with Crippen molar-refractivity contribution in [2.45, 2.75) is 26.0 Å². The molecule has 0 spiro atoms. The molecule has 5 heteroatoms. The van der Waals surface area contributed by atoms with Gasteiger partial charge in [-0.25, -0.2) is 0 Å². The summed E-state index contributed by atoms with van der Waals surface area (Å²) >= 11 is 0. The minimum atomic E-state index is -0.0340. The lowest BCUT2D eigenvalue weighted by Crippen LogP contribution is -2.13. The molecule has 0 radical (unpaired) electrons. The summed E-state index contributed by atoms with van der Waals surface area (Å²) in [6.45, 7) is 1.95. The molecule has 0 aromatic carbocycles. The van der Waals surface area contributed by atoms with E-state index in [1.165, 1.54) is 0 Å². The standard InChI is InChI=1S/C9H18N4O/c1-12(2)5-3-4-6-13-8-10-11-9(13)7-14/h8,14H,3-7H2,1-2H3. The number of rotatable bonds is 6. The summed E-state index contributed by atoms with van der Waals surface area (Å²) in [5, 5.41) is 16.5. The average molecular weight is 198 g/mol. The van der Waals surface area contributed by atoms with E-state index in [9.17, 15) is 0 Å². The summed E-state index contributed by atoms with van der Waals surface area (Å²) in [4.78, 5) is 2.17. The molecule has 0 fully saturated rings. The highest BCUT2D eigenvalue weighted by Gasteiger charge is 2.01. The smallest absolute Gasteiger partial charge is 0.158 e. The third-order valence-corrected chi connectivity index (χ3v) is 2.09. The van der Waals surface area contributed by atoms with Crippen LogP contribution in [0.1, 0.15) is 18.7 Å². The monoisotopic (exact) mass is 198 g/mol. The number of aliphatic hydroxyl groups excluding tert-OH is 1. The Morgan fingerprint density at radius 3 is 2.86 bits per heavy atom. The second-order valence-corrected chi connectivity index (χ2v) is 3.61.